The van der Waals surface area contributed by atoms with Gasteiger partial charge in [0, 0.05) is 13.1 Å². The molecule has 0 amide bonds. The molecule has 3 rings (SSSR count). The molecule has 0 aliphatic carbocycles. The average molecular weight is 300 g/mol. The smallest absolute Gasteiger partial charge is 0.406 e. The van der Waals surface area contributed by atoms with Crippen LogP contribution in [0.15, 0.2) is 24.3 Å². The highest BCUT2D eigenvalue weighted by molar-refractivity contribution is 5.27. The summed E-state index contributed by atoms with van der Waals surface area (Å²) in [5.74, 6) is 1.35. The number of likely N-dealkylation sites (tertiary alicyclic amines) is 1. The van der Waals surface area contributed by atoms with Gasteiger partial charge in [-0.15, -0.1) is 13.2 Å². The minimum Gasteiger partial charge on any atom is -0.406 e. The van der Waals surface area contributed by atoms with Crippen LogP contribution in [0.4, 0.5) is 13.2 Å². The second-order valence-corrected chi connectivity index (χ2v) is 5.89. The van der Waals surface area contributed by atoms with Crippen LogP contribution in [0.25, 0.3) is 0 Å². The lowest BCUT2D eigenvalue weighted by molar-refractivity contribution is -0.274. The van der Waals surface area contributed by atoms with Crippen LogP contribution in [0.2, 0.25) is 0 Å². The summed E-state index contributed by atoms with van der Waals surface area (Å²) in [5, 5.41) is 3.43. The molecule has 21 heavy (non-hydrogen) atoms. The summed E-state index contributed by atoms with van der Waals surface area (Å²) in [6.07, 6.45) is -3.42. The first-order valence-corrected chi connectivity index (χ1v) is 7.27. The van der Waals surface area contributed by atoms with Crippen LogP contribution in [0, 0.1) is 11.8 Å². The molecule has 6 heteroatoms. The number of halogens is 3. The summed E-state index contributed by atoms with van der Waals surface area (Å²) in [7, 11) is 0. The minimum absolute atomic E-state index is 0.162. The monoisotopic (exact) mass is 300 g/mol. The molecule has 2 atom stereocenters. The molecule has 2 heterocycles. The molecule has 0 spiro atoms. The molecule has 2 unspecified atom stereocenters. The third-order valence-corrected chi connectivity index (χ3v) is 4.35. The van der Waals surface area contributed by atoms with Crippen LogP contribution >= 0.6 is 0 Å². The molecule has 2 fully saturated rings. The molecule has 0 bridgehead atoms. The summed E-state index contributed by atoms with van der Waals surface area (Å²) in [4.78, 5) is 2.38. The second kappa shape index (κ2) is 5.85. The topological polar surface area (TPSA) is 24.5 Å². The summed E-state index contributed by atoms with van der Waals surface area (Å²) < 4.78 is 40.2. The van der Waals surface area contributed by atoms with Gasteiger partial charge in [0.1, 0.15) is 5.75 Å². The zero-order valence-corrected chi connectivity index (χ0v) is 11.7. The van der Waals surface area contributed by atoms with Crippen molar-refractivity contribution in [2.45, 2.75) is 19.3 Å². The fourth-order valence-corrected chi connectivity index (χ4v) is 3.31. The van der Waals surface area contributed by atoms with Crippen molar-refractivity contribution >= 4 is 0 Å². The fourth-order valence-electron chi connectivity index (χ4n) is 3.31. The molecule has 2 saturated heterocycles. The van der Waals surface area contributed by atoms with E-state index in [1.165, 1.54) is 18.6 Å². The highest BCUT2D eigenvalue weighted by Crippen LogP contribution is 2.28. The lowest BCUT2D eigenvalue weighted by Crippen LogP contribution is -2.39. The first kappa shape index (κ1) is 14.7. The van der Waals surface area contributed by atoms with Gasteiger partial charge in [-0.1, -0.05) is 12.1 Å². The van der Waals surface area contributed by atoms with Gasteiger partial charge in [0.2, 0.25) is 0 Å². The lowest BCUT2D eigenvalue weighted by Gasteiger charge is -2.34. The molecule has 1 N–H and O–H groups in total. The predicted octanol–water partition coefficient (Wildman–Crippen LogP) is 2.63. The highest BCUT2D eigenvalue weighted by Gasteiger charge is 2.33. The Hall–Kier alpha value is -1.27. The van der Waals surface area contributed by atoms with Crippen molar-refractivity contribution in [3.8, 4) is 5.75 Å². The molecule has 116 valence electrons. The van der Waals surface area contributed by atoms with Crippen molar-refractivity contribution in [1.29, 1.82) is 0 Å². The van der Waals surface area contributed by atoms with Crippen LogP contribution in [0.5, 0.6) is 5.75 Å². The van der Waals surface area contributed by atoms with Crippen molar-refractivity contribution in [2.24, 2.45) is 11.8 Å². The maximum Gasteiger partial charge on any atom is 0.573 e. The van der Waals surface area contributed by atoms with Gasteiger partial charge in [0.05, 0.1) is 0 Å². The number of rotatable bonds is 3. The summed E-state index contributed by atoms with van der Waals surface area (Å²) in [6, 6.07) is 6.18. The highest BCUT2D eigenvalue weighted by atomic mass is 19.4. The molecular weight excluding hydrogens is 281 g/mol. The van der Waals surface area contributed by atoms with Crippen molar-refractivity contribution < 1.29 is 17.9 Å². The largest absolute Gasteiger partial charge is 0.573 e. The number of fused-ring (bicyclic) bond motifs is 1. The number of hydrogen-bond acceptors (Lipinski definition) is 3. The summed E-state index contributed by atoms with van der Waals surface area (Å²) in [5.41, 5.74) is 1.02. The van der Waals surface area contributed by atoms with E-state index in [4.69, 9.17) is 0 Å². The Labute approximate surface area is 122 Å². The number of piperidine rings is 1. The van der Waals surface area contributed by atoms with Crippen LogP contribution in [-0.2, 0) is 6.54 Å². The normalized spacial score (nSPS) is 26.6. The van der Waals surface area contributed by atoms with E-state index in [9.17, 15) is 13.2 Å². The van der Waals surface area contributed by atoms with E-state index in [0.29, 0.717) is 5.92 Å². The molecule has 1 aromatic carbocycles. The number of benzene rings is 1. The van der Waals surface area contributed by atoms with Crippen LogP contribution in [0.3, 0.4) is 0 Å². The Morgan fingerprint density at radius 2 is 1.86 bits per heavy atom. The van der Waals surface area contributed by atoms with Crippen molar-refractivity contribution in [3.05, 3.63) is 29.8 Å². The number of hydrogen-bond donors (Lipinski definition) is 1. The minimum atomic E-state index is -4.63. The van der Waals surface area contributed by atoms with E-state index >= 15 is 0 Å². The number of alkyl halides is 3. The summed E-state index contributed by atoms with van der Waals surface area (Å²) in [6.45, 7) is 5.12. The van der Waals surface area contributed by atoms with Crippen LogP contribution in [0.1, 0.15) is 12.0 Å². The quantitative estimate of drug-likeness (QED) is 0.929. The Bertz CT molecular complexity index is 475. The van der Waals surface area contributed by atoms with Crippen molar-refractivity contribution in [2.75, 3.05) is 26.2 Å². The Morgan fingerprint density at radius 3 is 2.57 bits per heavy atom. The third-order valence-electron chi connectivity index (χ3n) is 4.35. The molecule has 1 aromatic rings. The van der Waals surface area contributed by atoms with Gasteiger partial charge in [0.25, 0.3) is 0 Å². The van der Waals surface area contributed by atoms with Gasteiger partial charge in [-0.2, -0.15) is 0 Å². The van der Waals surface area contributed by atoms with E-state index in [1.54, 1.807) is 12.1 Å². The number of nitrogens with one attached hydrogen (secondary N) is 1. The predicted molar refractivity (Wildman–Crippen MR) is 72.9 cm³/mol. The number of nitrogens with zero attached hydrogens (tertiary/aromatic N) is 1. The van der Waals surface area contributed by atoms with Gasteiger partial charge in [-0.05, 0) is 55.6 Å². The van der Waals surface area contributed by atoms with Gasteiger partial charge >= 0.3 is 6.36 Å². The Morgan fingerprint density at radius 1 is 1.14 bits per heavy atom. The van der Waals surface area contributed by atoms with E-state index in [0.717, 1.165) is 44.2 Å². The Kier molecular flexibility index (Phi) is 4.08. The maximum absolute atomic E-state index is 12.1. The maximum atomic E-state index is 12.1. The van der Waals surface area contributed by atoms with Crippen LogP contribution in [-0.4, -0.2) is 37.4 Å². The van der Waals surface area contributed by atoms with E-state index in [-0.39, 0.29) is 5.75 Å². The van der Waals surface area contributed by atoms with Crippen LogP contribution < -0.4 is 10.1 Å². The van der Waals surface area contributed by atoms with Crippen molar-refractivity contribution in [1.82, 2.24) is 10.2 Å². The molecule has 2 aliphatic rings. The SMILES string of the molecule is FC(F)(F)Oc1ccc(CN2CCC3CNCC3C2)cc1. The molecule has 0 saturated carbocycles. The molecular formula is C15H19F3N2O. The van der Waals surface area contributed by atoms with E-state index in [1.807, 2.05) is 0 Å². The second-order valence-electron chi connectivity index (χ2n) is 5.89. The fraction of sp³-hybridized carbons (Fsp3) is 0.600. The molecule has 2 aliphatic heterocycles. The molecule has 3 nitrogen and oxygen atoms in total. The van der Waals surface area contributed by atoms with E-state index in [2.05, 4.69) is 15.0 Å². The average Bonchev–Trinajstić information content (AvgIpc) is 2.87. The molecule has 0 radical (unpaired) electrons. The van der Waals surface area contributed by atoms with Gasteiger partial charge in [0.15, 0.2) is 0 Å². The first-order chi connectivity index (χ1) is 9.99. The zero-order chi connectivity index (χ0) is 14.9. The van der Waals surface area contributed by atoms with Crippen molar-refractivity contribution in [3.63, 3.8) is 0 Å². The van der Waals surface area contributed by atoms with E-state index < -0.39 is 6.36 Å². The first-order valence-electron chi connectivity index (χ1n) is 7.27. The zero-order valence-electron chi connectivity index (χ0n) is 11.7. The van der Waals surface area contributed by atoms with Gasteiger partial charge in [-0.25, -0.2) is 0 Å². The Balaban J connectivity index is 1.55. The van der Waals surface area contributed by atoms with Gasteiger partial charge < -0.3 is 10.1 Å². The molecule has 0 aromatic heterocycles. The number of ether oxygens (including phenoxy) is 1. The lowest BCUT2D eigenvalue weighted by atomic mass is 9.88. The third kappa shape index (κ3) is 3.89. The summed E-state index contributed by atoms with van der Waals surface area (Å²) >= 11 is 0. The van der Waals surface area contributed by atoms with Gasteiger partial charge in [-0.3, -0.25) is 4.90 Å². The standard InChI is InChI=1S/C15H19F3N2O/c16-15(17,18)21-14-3-1-11(2-4-14)9-20-6-5-12-7-19-8-13(12)10-20/h1-4,12-13,19H,5-10H2.